The molecule has 1 aliphatic heterocycles. The lowest BCUT2D eigenvalue weighted by Gasteiger charge is -2.25. The lowest BCUT2D eigenvalue weighted by atomic mass is 9.84. The third-order valence-corrected chi connectivity index (χ3v) is 6.13. The largest absolute Gasteiger partial charge is 0.424 e. The predicted molar refractivity (Wildman–Crippen MR) is 122 cm³/mol. The number of H-pyrrole nitrogens is 2. The molecule has 2 aromatic heterocycles. The number of benzene rings is 3. The van der Waals surface area contributed by atoms with Gasteiger partial charge in [0.15, 0.2) is 0 Å². The third kappa shape index (κ3) is 2.80. The van der Waals surface area contributed by atoms with Gasteiger partial charge in [-0.05, 0) is 35.4 Å². The molecule has 1 atom stereocenters. The quantitative estimate of drug-likeness (QED) is 0.296. The first-order valence-electron chi connectivity index (χ1n) is 10.4. The normalized spacial score (nSPS) is 16.1. The zero-order chi connectivity index (χ0) is 21.7. The summed E-state index contributed by atoms with van der Waals surface area (Å²) in [6.45, 7) is 0. The SMILES string of the molecule is O=C1NC(C(c2c[nH]c3ccccc23)c2c[nH]c3ccccc23)C(=O)Oc2ccccc21. The number of amides is 1. The Kier molecular flexibility index (Phi) is 4.11. The fourth-order valence-corrected chi connectivity index (χ4v) is 4.64. The van der Waals surface area contributed by atoms with Crippen LogP contribution in [0, 0.1) is 0 Å². The number of aromatic nitrogens is 2. The van der Waals surface area contributed by atoms with Crippen LogP contribution in [0.1, 0.15) is 27.4 Å². The molecule has 0 saturated carbocycles. The molecule has 0 fully saturated rings. The Hall–Kier alpha value is -4.32. The molecule has 6 nitrogen and oxygen atoms in total. The molecule has 6 rings (SSSR count). The second-order valence-electron chi connectivity index (χ2n) is 7.93. The van der Waals surface area contributed by atoms with Gasteiger partial charge in [0.25, 0.3) is 5.91 Å². The molecule has 0 spiro atoms. The van der Waals surface area contributed by atoms with E-state index in [1.54, 1.807) is 24.3 Å². The van der Waals surface area contributed by atoms with Gasteiger partial charge >= 0.3 is 5.97 Å². The highest BCUT2D eigenvalue weighted by molar-refractivity contribution is 6.03. The van der Waals surface area contributed by atoms with E-state index in [4.69, 9.17) is 4.74 Å². The molecule has 0 radical (unpaired) electrons. The average molecular weight is 421 g/mol. The van der Waals surface area contributed by atoms with Crippen LogP contribution < -0.4 is 10.1 Å². The Morgan fingerprint density at radius 1 is 0.719 bits per heavy atom. The summed E-state index contributed by atoms with van der Waals surface area (Å²) in [5.41, 5.74) is 4.10. The summed E-state index contributed by atoms with van der Waals surface area (Å²) in [6.07, 6.45) is 3.82. The van der Waals surface area contributed by atoms with Crippen molar-refractivity contribution in [2.75, 3.05) is 0 Å². The standard InChI is InChI=1S/C26H19N3O3/c30-25-17-9-3-6-12-22(17)32-26(31)24(29-25)23(18-13-27-20-10-4-1-7-15(18)20)19-14-28-21-11-5-2-8-16(19)21/h1-14,23-24,27-28H,(H,29,30). The van der Waals surface area contributed by atoms with E-state index in [-0.39, 0.29) is 11.7 Å². The lowest BCUT2D eigenvalue weighted by Crippen LogP contribution is -2.45. The van der Waals surface area contributed by atoms with Crippen LogP contribution in [0.25, 0.3) is 21.8 Å². The van der Waals surface area contributed by atoms with Gasteiger partial charge in [0.05, 0.1) is 5.56 Å². The Balaban J connectivity index is 1.56. The number of esters is 1. The van der Waals surface area contributed by atoms with Crippen LogP contribution in [0.3, 0.4) is 0 Å². The number of carbonyl (C=O) groups excluding carboxylic acids is 2. The fraction of sp³-hybridized carbons (Fsp3) is 0.0769. The van der Waals surface area contributed by atoms with Crippen LogP contribution in [0.2, 0.25) is 0 Å². The molecule has 6 heteroatoms. The van der Waals surface area contributed by atoms with Gasteiger partial charge < -0.3 is 20.0 Å². The smallest absolute Gasteiger partial charge is 0.335 e. The molecule has 3 aromatic carbocycles. The Labute approximate surface area is 183 Å². The Morgan fingerprint density at radius 2 is 1.28 bits per heavy atom. The maximum absolute atomic E-state index is 13.4. The summed E-state index contributed by atoms with van der Waals surface area (Å²) in [6, 6.07) is 21.8. The highest BCUT2D eigenvalue weighted by Crippen LogP contribution is 2.38. The van der Waals surface area contributed by atoms with Gasteiger partial charge in [0.1, 0.15) is 11.8 Å². The summed E-state index contributed by atoms with van der Waals surface area (Å²) < 4.78 is 5.70. The minimum atomic E-state index is -0.909. The zero-order valence-electron chi connectivity index (χ0n) is 17.0. The van der Waals surface area contributed by atoms with E-state index >= 15 is 0 Å². The highest BCUT2D eigenvalue weighted by atomic mass is 16.5. The van der Waals surface area contributed by atoms with Gasteiger partial charge in [-0.3, -0.25) is 4.79 Å². The number of rotatable bonds is 3. The van der Waals surface area contributed by atoms with Gasteiger partial charge in [0, 0.05) is 40.1 Å². The van der Waals surface area contributed by atoms with Crippen LogP contribution in [-0.2, 0) is 4.79 Å². The van der Waals surface area contributed by atoms with Crippen molar-refractivity contribution in [1.82, 2.24) is 15.3 Å². The zero-order valence-corrected chi connectivity index (χ0v) is 17.0. The number of ether oxygens (including phenoxy) is 1. The molecule has 3 N–H and O–H groups in total. The molecule has 1 amide bonds. The van der Waals surface area contributed by atoms with Crippen LogP contribution in [0.4, 0.5) is 0 Å². The van der Waals surface area contributed by atoms with Crippen molar-refractivity contribution >= 4 is 33.7 Å². The minimum Gasteiger partial charge on any atom is -0.424 e. The van der Waals surface area contributed by atoms with Crippen LogP contribution in [0.15, 0.2) is 85.2 Å². The Bertz CT molecular complexity index is 1420. The monoisotopic (exact) mass is 421 g/mol. The van der Waals surface area contributed by atoms with Gasteiger partial charge in [-0.15, -0.1) is 0 Å². The summed E-state index contributed by atoms with van der Waals surface area (Å²) >= 11 is 0. The summed E-state index contributed by atoms with van der Waals surface area (Å²) in [4.78, 5) is 33.0. The molecule has 1 aliphatic rings. The summed E-state index contributed by atoms with van der Waals surface area (Å²) in [7, 11) is 0. The summed E-state index contributed by atoms with van der Waals surface area (Å²) in [5.74, 6) is -1.02. The van der Waals surface area contributed by atoms with Crippen molar-refractivity contribution < 1.29 is 14.3 Å². The number of fused-ring (bicyclic) bond motifs is 3. The van der Waals surface area contributed by atoms with E-state index in [0.717, 1.165) is 32.9 Å². The van der Waals surface area contributed by atoms with E-state index < -0.39 is 17.9 Å². The molecule has 0 bridgehead atoms. The number of hydrogen-bond acceptors (Lipinski definition) is 3. The van der Waals surface area contributed by atoms with E-state index in [9.17, 15) is 9.59 Å². The topological polar surface area (TPSA) is 87.0 Å². The number of para-hydroxylation sites is 3. The lowest BCUT2D eigenvalue weighted by molar-refractivity contribution is -0.136. The van der Waals surface area contributed by atoms with E-state index in [1.807, 2.05) is 60.9 Å². The molecule has 0 aliphatic carbocycles. The molecule has 3 heterocycles. The van der Waals surface area contributed by atoms with Crippen LogP contribution >= 0.6 is 0 Å². The van der Waals surface area contributed by atoms with E-state index in [1.165, 1.54) is 0 Å². The van der Waals surface area contributed by atoms with Crippen molar-refractivity contribution in [3.05, 3.63) is 102 Å². The second kappa shape index (κ2) is 7.13. The van der Waals surface area contributed by atoms with Crippen LogP contribution in [-0.4, -0.2) is 27.9 Å². The van der Waals surface area contributed by atoms with Crippen molar-refractivity contribution in [2.45, 2.75) is 12.0 Å². The van der Waals surface area contributed by atoms with Gasteiger partial charge in [-0.25, -0.2) is 4.79 Å². The molecule has 1 unspecified atom stereocenters. The minimum absolute atomic E-state index is 0.272. The van der Waals surface area contributed by atoms with Crippen molar-refractivity contribution in [3.8, 4) is 5.75 Å². The Morgan fingerprint density at radius 3 is 1.94 bits per heavy atom. The maximum atomic E-state index is 13.4. The average Bonchev–Trinajstić information content (AvgIpc) is 3.41. The maximum Gasteiger partial charge on any atom is 0.335 e. The number of aromatic amines is 2. The fourth-order valence-electron chi connectivity index (χ4n) is 4.64. The van der Waals surface area contributed by atoms with Crippen molar-refractivity contribution in [3.63, 3.8) is 0 Å². The molecule has 0 saturated heterocycles. The first-order chi connectivity index (χ1) is 15.7. The molecular formula is C26H19N3O3. The second-order valence-corrected chi connectivity index (χ2v) is 7.93. The van der Waals surface area contributed by atoms with Crippen molar-refractivity contribution in [2.24, 2.45) is 0 Å². The molecule has 32 heavy (non-hydrogen) atoms. The van der Waals surface area contributed by atoms with E-state index in [2.05, 4.69) is 15.3 Å². The number of carbonyl (C=O) groups is 2. The number of nitrogens with one attached hydrogen (secondary N) is 3. The van der Waals surface area contributed by atoms with Crippen LogP contribution in [0.5, 0.6) is 5.75 Å². The third-order valence-electron chi connectivity index (χ3n) is 6.13. The van der Waals surface area contributed by atoms with Gasteiger partial charge in [0.2, 0.25) is 0 Å². The number of hydrogen-bond donors (Lipinski definition) is 3. The van der Waals surface area contributed by atoms with Gasteiger partial charge in [-0.1, -0.05) is 48.5 Å². The first-order valence-corrected chi connectivity index (χ1v) is 10.4. The summed E-state index contributed by atoms with van der Waals surface area (Å²) in [5, 5.41) is 4.93. The predicted octanol–water partition coefficient (Wildman–Crippen LogP) is 4.50. The van der Waals surface area contributed by atoms with Crippen molar-refractivity contribution in [1.29, 1.82) is 0 Å². The molecule has 5 aromatic rings. The molecule has 156 valence electrons. The van der Waals surface area contributed by atoms with Gasteiger partial charge in [-0.2, -0.15) is 0 Å². The highest BCUT2D eigenvalue weighted by Gasteiger charge is 2.39. The first kappa shape index (κ1) is 18.4. The molecular weight excluding hydrogens is 402 g/mol. The van der Waals surface area contributed by atoms with E-state index in [0.29, 0.717) is 5.56 Å².